The molecule has 0 spiro atoms. The van der Waals surface area contributed by atoms with Crippen molar-refractivity contribution in [1.29, 1.82) is 0 Å². The highest BCUT2D eigenvalue weighted by molar-refractivity contribution is 5.74. The van der Waals surface area contributed by atoms with Crippen molar-refractivity contribution in [2.45, 2.75) is 46.1 Å². The van der Waals surface area contributed by atoms with Gasteiger partial charge in [0.25, 0.3) is 0 Å². The predicted molar refractivity (Wildman–Crippen MR) is 88.7 cm³/mol. The maximum absolute atomic E-state index is 12.3. The van der Waals surface area contributed by atoms with Crippen LogP contribution >= 0.6 is 0 Å². The molecule has 0 aliphatic carbocycles. The fourth-order valence-corrected chi connectivity index (χ4v) is 3.17. The Balaban J connectivity index is 1.86. The van der Waals surface area contributed by atoms with Crippen LogP contribution < -0.4 is 5.32 Å². The number of nitrogens with one attached hydrogen (secondary N) is 1. The number of hydrogen-bond donors (Lipinski definition) is 2. The first-order chi connectivity index (χ1) is 10.6. The second-order valence-corrected chi connectivity index (χ2v) is 6.28. The van der Waals surface area contributed by atoms with Gasteiger partial charge in [-0.2, -0.15) is 0 Å². The minimum atomic E-state index is 0.00792. The SMILES string of the molecule is CCc1ccccc1CNC(=O)N1CCC(CC)(CO)CC1. The lowest BCUT2D eigenvalue weighted by molar-refractivity contribution is 0.0519. The Labute approximate surface area is 133 Å². The van der Waals surface area contributed by atoms with Crippen LogP contribution in [0.15, 0.2) is 24.3 Å². The van der Waals surface area contributed by atoms with Gasteiger partial charge in [-0.3, -0.25) is 0 Å². The summed E-state index contributed by atoms with van der Waals surface area (Å²) in [6.45, 7) is 6.52. The number of aliphatic hydroxyl groups excluding tert-OH is 1. The number of urea groups is 1. The summed E-state index contributed by atoms with van der Waals surface area (Å²) in [7, 11) is 0. The van der Waals surface area contributed by atoms with Gasteiger partial charge in [0.2, 0.25) is 0 Å². The summed E-state index contributed by atoms with van der Waals surface area (Å²) < 4.78 is 0. The Hall–Kier alpha value is -1.55. The van der Waals surface area contributed by atoms with Crippen LogP contribution in [0.2, 0.25) is 0 Å². The van der Waals surface area contributed by atoms with E-state index in [-0.39, 0.29) is 18.1 Å². The van der Waals surface area contributed by atoms with E-state index in [1.807, 2.05) is 17.0 Å². The molecule has 122 valence electrons. The lowest BCUT2D eigenvalue weighted by atomic mass is 9.77. The average molecular weight is 304 g/mol. The number of likely N-dealkylation sites (tertiary alicyclic amines) is 1. The van der Waals surface area contributed by atoms with Crippen LogP contribution in [0.25, 0.3) is 0 Å². The Bertz CT molecular complexity index is 488. The minimum absolute atomic E-state index is 0.00792. The van der Waals surface area contributed by atoms with Crippen LogP contribution in [0.3, 0.4) is 0 Å². The highest BCUT2D eigenvalue weighted by Crippen LogP contribution is 2.34. The molecule has 22 heavy (non-hydrogen) atoms. The van der Waals surface area contributed by atoms with Crippen LogP contribution in [-0.2, 0) is 13.0 Å². The molecule has 1 aromatic rings. The van der Waals surface area contributed by atoms with E-state index >= 15 is 0 Å². The van der Waals surface area contributed by atoms with E-state index < -0.39 is 0 Å². The van der Waals surface area contributed by atoms with Gasteiger partial charge in [0.05, 0.1) is 0 Å². The molecule has 1 aromatic carbocycles. The number of rotatable bonds is 5. The standard InChI is InChI=1S/C18H28N2O2/c1-3-15-7-5-6-8-16(15)13-19-17(22)20-11-9-18(4-2,14-21)10-12-20/h5-8,21H,3-4,9-14H2,1-2H3,(H,19,22). The van der Waals surface area contributed by atoms with Crippen LogP contribution in [-0.4, -0.2) is 35.7 Å². The van der Waals surface area contributed by atoms with Crippen molar-refractivity contribution >= 4 is 6.03 Å². The van der Waals surface area contributed by atoms with Crippen molar-refractivity contribution in [3.05, 3.63) is 35.4 Å². The molecule has 4 nitrogen and oxygen atoms in total. The molecule has 0 atom stereocenters. The number of aryl methyl sites for hydroxylation is 1. The molecule has 1 saturated heterocycles. The molecule has 1 heterocycles. The Kier molecular flexibility index (Phi) is 5.83. The van der Waals surface area contributed by atoms with Gasteiger partial charge in [0.15, 0.2) is 0 Å². The molecule has 2 amide bonds. The lowest BCUT2D eigenvalue weighted by Crippen LogP contribution is -2.48. The zero-order valence-corrected chi connectivity index (χ0v) is 13.8. The predicted octanol–water partition coefficient (Wildman–Crippen LogP) is 2.94. The van der Waals surface area contributed by atoms with E-state index in [4.69, 9.17) is 0 Å². The molecule has 0 unspecified atom stereocenters. The fourth-order valence-electron chi connectivity index (χ4n) is 3.17. The summed E-state index contributed by atoms with van der Waals surface area (Å²) in [6, 6.07) is 8.24. The molecule has 1 aliphatic heterocycles. The zero-order valence-electron chi connectivity index (χ0n) is 13.8. The number of hydrogen-bond acceptors (Lipinski definition) is 2. The summed E-state index contributed by atoms with van der Waals surface area (Å²) in [4.78, 5) is 14.2. The van der Waals surface area contributed by atoms with Crippen molar-refractivity contribution in [1.82, 2.24) is 10.2 Å². The highest BCUT2D eigenvalue weighted by atomic mass is 16.3. The van der Waals surface area contributed by atoms with Gasteiger partial charge in [-0.15, -0.1) is 0 Å². The quantitative estimate of drug-likeness (QED) is 0.879. The zero-order chi connectivity index (χ0) is 16.0. The van der Waals surface area contributed by atoms with Gasteiger partial charge >= 0.3 is 6.03 Å². The summed E-state index contributed by atoms with van der Waals surface area (Å²) in [5.41, 5.74) is 2.49. The Morgan fingerprint density at radius 3 is 2.41 bits per heavy atom. The van der Waals surface area contributed by atoms with Crippen molar-refractivity contribution in [3.8, 4) is 0 Å². The maximum atomic E-state index is 12.3. The van der Waals surface area contributed by atoms with E-state index in [1.165, 1.54) is 11.1 Å². The third-order valence-electron chi connectivity index (χ3n) is 5.13. The number of benzene rings is 1. The van der Waals surface area contributed by atoms with Crippen molar-refractivity contribution in [2.75, 3.05) is 19.7 Å². The van der Waals surface area contributed by atoms with Gasteiger partial charge in [0.1, 0.15) is 0 Å². The van der Waals surface area contributed by atoms with Gasteiger partial charge in [-0.25, -0.2) is 4.79 Å². The molecule has 4 heteroatoms. The van der Waals surface area contributed by atoms with E-state index in [9.17, 15) is 9.90 Å². The second-order valence-electron chi connectivity index (χ2n) is 6.28. The number of amides is 2. The first-order valence-electron chi connectivity index (χ1n) is 8.34. The highest BCUT2D eigenvalue weighted by Gasteiger charge is 2.33. The molecule has 2 N–H and O–H groups in total. The number of piperidine rings is 1. The molecular formula is C18H28N2O2. The van der Waals surface area contributed by atoms with Gasteiger partial charge < -0.3 is 15.3 Å². The first kappa shape index (κ1) is 16.8. The van der Waals surface area contributed by atoms with Gasteiger partial charge in [0, 0.05) is 26.2 Å². The maximum Gasteiger partial charge on any atom is 0.317 e. The summed E-state index contributed by atoms with van der Waals surface area (Å²) >= 11 is 0. The third kappa shape index (κ3) is 3.80. The normalized spacial score (nSPS) is 17.3. The van der Waals surface area contributed by atoms with Gasteiger partial charge in [-0.05, 0) is 42.2 Å². The second kappa shape index (κ2) is 7.63. The van der Waals surface area contributed by atoms with Crippen molar-refractivity contribution in [2.24, 2.45) is 5.41 Å². The van der Waals surface area contributed by atoms with E-state index in [0.29, 0.717) is 6.54 Å². The summed E-state index contributed by atoms with van der Waals surface area (Å²) in [6.07, 6.45) is 3.73. The van der Waals surface area contributed by atoms with Gasteiger partial charge in [-0.1, -0.05) is 38.1 Å². The smallest absolute Gasteiger partial charge is 0.317 e. The number of nitrogens with zero attached hydrogens (tertiary/aromatic N) is 1. The largest absolute Gasteiger partial charge is 0.396 e. The summed E-state index contributed by atoms with van der Waals surface area (Å²) in [5, 5.41) is 12.6. The van der Waals surface area contributed by atoms with E-state index in [2.05, 4.69) is 31.3 Å². The molecule has 0 radical (unpaired) electrons. The first-order valence-corrected chi connectivity index (χ1v) is 8.34. The van der Waals surface area contributed by atoms with Crippen molar-refractivity contribution in [3.63, 3.8) is 0 Å². The molecular weight excluding hydrogens is 276 g/mol. The Morgan fingerprint density at radius 1 is 1.23 bits per heavy atom. The monoisotopic (exact) mass is 304 g/mol. The number of carbonyl (C=O) groups excluding carboxylic acids is 1. The van der Waals surface area contributed by atoms with Crippen LogP contribution in [0.4, 0.5) is 4.79 Å². The average Bonchev–Trinajstić information content (AvgIpc) is 2.60. The minimum Gasteiger partial charge on any atom is -0.396 e. The summed E-state index contributed by atoms with van der Waals surface area (Å²) in [5.74, 6) is 0. The van der Waals surface area contributed by atoms with Crippen molar-refractivity contribution < 1.29 is 9.90 Å². The van der Waals surface area contributed by atoms with Crippen LogP contribution in [0.5, 0.6) is 0 Å². The van der Waals surface area contributed by atoms with E-state index in [1.54, 1.807) is 0 Å². The molecule has 0 saturated carbocycles. The molecule has 1 aliphatic rings. The fraction of sp³-hybridized carbons (Fsp3) is 0.611. The number of aliphatic hydroxyl groups is 1. The molecule has 0 bridgehead atoms. The Morgan fingerprint density at radius 2 is 1.86 bits per heavy atom. The molecule has 2 rings (SSSR count). The molecule has 0 aromatic heterocycles. The molecule has 1 fully saturated rings. The van der Waals surface area contributed by atoms with E-state index in [0.717, 1.165) is 38.8 Å². The third-order valence-corrected chi connectivity index (χ3v) is 5.13. The number of carbonyl (C=O) groups is 1. The topological polar surface area (TPSA) is 52.6 Å². The van der Waals surface area contributed by atoms with Crippen LogP contribution in [0, 0.1) is 5.41 Å². The van der Waals surface area contributed by atoms with Crippen LogP contribution in [0.1, 0.15) is 44.2 Å². The lowest BCUT2D eigenvalue weighted by Gasteiger charge is -2.40.